The zero-order chi connectivity index (χ0) is 13.0. The van der Waals surface area contributed by atoms with E-state index in [0.717, 1.165) is 37.1 Å². The molecule has 3 nitrogen and oxygen atoms in total. The van der Waals surface area contributed by atoms with E-state index in [1.165, 1.54) is 5.56 Å². The van der Waals surface area contributed by atoms with Gasteiger partial charge >= 0.3 is 0 Å². The molecule has 1 heterocycles. The van der Waals surface area contributed by atoms with E-state index >= 15 is 0 Å². The van der Waals surface area contributed by atoms with Crippen LogP contribution in [0.1, 0.15) is 30.2 Å². The third-order valence-corrected chi connectivity index (χ3v) is 3.30. The van der Waals surface area contributed by atoms with E-state index in [1.807, 2.05) is 19.9 Å². The maximum Gasteiger partial charge on any atom is 0.269 e. The summed E-state index contributed by atoms with van der Waals surface area (Å²) in [4.78, 5) is 12.0. The van der Waals surface area contributed by atoms with Crippen LogP contribution in [-0.2, 0) is 19.4 Å². The third kappa shape index (κ3) is 2.73. The summed E-state index contributed by atoms with van der Waals surface area (Å²) in [5, 5.41) is 3.15. The molecular formula is C15H20N2O. The van der Waals surface area contributed by atoms with Crippen LogP contribution >= 0.6 is 0 Å². The second kappa shape index (κ2) is 5.71. The molecule has 0 atom stereocenters. The van der Waals surface area contributed by atoms with Crippen molar-refractivity contribution in [2.24, 2.45) is 0 Å². The normalized spacial score (nSPS) is 10.8. The minimum Gasteiger partial charge on any atom is -0.300 e. The molecule has 2 aromatic rings. The fraction of sp³-hybridized carbons (Fsp3) is 0.400. The molecule has 0 spiro atoms. The van der Waals surface area contributed by atoms with Crippen molar-refractivity contribution in [1.29, 1.82) is 0 Å². The summed E-state index contributed by atoms with van der Waals surface area (Å²) < 4.78 is 1.73. The van der Waals surface area contributed by atoms with Gasteiger partial charge in [0.2, 0.25) is 0 Å². The highest BCUT2D eigenvalue weighted by molar-refractivity contribution is 5.16. The zero-order valence-corrected chi connectivity index (χ0v) is 11.1. The standard InChI is InChI=1S/C15H20N2O/c1-3-14-12(2)16-17(15(14)18)11-7-10-13-8-5-4-6-9-13/h4-6,8-9,16H,3,7,10-11H2,1-2H3. The first-order chi connectivity index (χ1) is 8.72. The first kappa shape index (κ1) is 12.7. The molecule has 1 aromatic heterocycles. The Bertz CT molecular complexity index is 552. The maximum atomic E-state index is 12.0. The van der Waals surface area contributed by atoms with Crippen molar-refractivity contribution in [3.63, 3.8) is 0 Å². The predicted molar refractivity (Wildman–Crippen MR) is 73.9 cm³/mol. The Morgan fingerprint density at radius 1 is 1.22 bits per heavy atom. The largest absolute Gasteiger partial charge is 0.300 e. The van der Waals surface area contributed by atoms with Gasteiger partial charge in [-0.25, -0.2) is 0 Å². The second-order valence-corrected chi connectivity index (χ2v) is 4.61. The second-order valence-electron chi connectivity index (χ2n) is 4.61. The number of nitrogens with zero attached hydrogens (tertiary/aromatic N) is 1. The van der Waals surface area contributed by atoms with Crippen LogP contribution in [0.25, 0.3) is 0 Å². The van der Waals surface area contributed by atoms with Crippen molar-refractivity contribution in [2.45, 2.75) is 39.7 Å². The fourth-order valence-electron chi connectivity index (χ4n) is 2.30. The summed E-state index contributed by atoms with van der Waals surface area (Å²) in [6.45, 7) is 4.74. The number of hydrogen-bond donors (Lipinski definition) is 1. The Kier molecular flexibility index (Phi) is 4.03. The molecule has 0 amide bonds. The number of rotatable bonds is 5. The molecule has 96 valence electrons. The molecule has 3 heteroatoms. The summed E-state index contributed by atoms with van der Waals surface area (Å²) in [7, 11) is 0. The van der Waals surface area contributed by atoms with Crippen molar-refractivity contribution in [3.8, 4) is 0 Å². The first-order valence-electron chi connectivity index (χ1n) is 6.54. The van der Waals surface area contributed by atoms with Crippen molar-refractivity contribution >= 4 is 0 Å². The average Bonchev–Trinajstić information content (AvgIpc) is 2.65. The van der Waals surface area contributed by atoms with Gasteiger partial charge in [-0.15, -0.1) is 0 Å². The van der Waals surface area contributed by atoms with Gasteiger partial charge < -0.3 is 0 Å². The van der Waals surface area contributed by atoms with Crippen LogP contribution in [0.15, 0.2) is 35.1 Å². The van der Waals surface area contributed by atoms with Crippen molar-refractivity contribution in [1.82, 2.24) is 9.78 Å². The molecule has 1 aromatic carbocycles. The number of aromatic amines is 1. The number of hydrogen-bond acceptors (Lipinski definition) is 1. The molecule has 0 aliphatic rings. The van der Waals surface area contributed by atoms with E-state index < -0.39 is 0 Å². The number of aromatic nitrogens is 2. The maximum absolute atomic E-state index is 12.0. The van der Waals surface area contributed by atoms with Gasteiger partial charge in [0.25, 0.3) is 5.56 Å². The molecule has 18 heavy (non-hydrogen) atoms. The monoisotopic (exact) mass is 244 g/mol. The highest BCUT2D eigenvalue weighted by Gasteiger charge is 2.08. The molecule has 0 aliphatic carbocycles. The lowest BCUT2D eigenvalue weighted by molar-refractivity contribution is 0.559. The highest BCUT2D eigenvalue weighted by atomic mass is 16.1. The van der Waals surface area contributed by atoms with E-state index in [-0.39, 0.29) is 5.56 Å². The van der Waals surface area contributed by atoms with Crippen LogP contribution in [0.2, 0.25) is 0 Å². The van der Waals surface area contributed by atoms with E-state index in [1.54, 1.807) is 4.68 Å². The van der Waals surface area contributed by atoms with E-state index in [9.17, 15) is 4.79 Å². The molecule has 0 aliphatic heterocycles. The van der Waals surface area contributed by atoms with Crippen LogP contribution in [0, 0.1) is 6.92 Å². The molecule has 0 unspecified atom stereocenters. The minimum atomic E-state index is 0.142. The SMILES string of the molecule is CCc1c(C)[nH]n(CCCc2ccccc2)c1=O. The molecule has 2 rings (SSSR count). The summed E-state index contributed by atoms with van der Waals surface area (Å²) in [6.07, 6.45) is 2.78. The van der Waals surface area contributed by atoms with Gasteiger partial charge in [0.1, 0.15) is 0 Å². The predicted octanol–water partition coefficient (Wildman–Crippen LogP) is 2.68. The van der Waals surface area contributed by atoms with Gasteiger partial charge in [-0.3, -0.25) is 14.6 Å². The van der Waals surface area contributed by atoms with Gasteiger partial charge in [0.05, 0.1) is 0 Å². The summed E-state index contributed by atoms with van der Waals surface area (Å²) >= 11 is 0. The lowest BCUT2D eigenvalue weighted by Crippen LogP contribution is -2.19. The number of aryl methyl sites for hydroxylation is 3. The fourth-order valence-corrected chi connectivity index (χ4v) is 2.30. The summed E-state index contributed by atoms with van der Waals surface area (Å²) in [5.41, 5.74) is 3.38. The lowest BCUT2D eigenvalue weighted by Gasteiger charge is -2.02. The van der Waals surface area contributed by atoms with Gasteiger partial charge in [-0.1, -0.05) is 37.3 Å². The van der Waals surface area contributed by atoms with Gasteiger partial charge in [-0.2, -0.15) is 0 Å². The van der Waals surface area contributed by atoms with Crippen LogP contribution in [0.3, 0.4) is 0 Å². The Hall–Kier alpha value is -1.77. The molecule has 1 N–H and O–H groups in total. The van der Waals surface area contributed by atoms with Crippen molar-refractivity contribution < 1.29 is 0 Å². The van der Waals surface area contributed by atoms with Crippen LogP contribution < -0.4 is 5.56 Å². The minimum absolute atomic E-state index is 0.142. The first-order valence-corrected chi connectivity index (χ1v) is 6.54. The Morgan fingerprint density at radius 3 is 2.56 bits per heavy atom. The van der Waals surface area contributed by atoms with Gasteiger partial charge in [0.15, 0.2) is 0 Å². The Labute approximate surface area is 107 Å². The van der Waals surface area contributed by atoms with E-state index in [0.29, 0.717) is 0 Å². The summed E-state index contributed by atoms with van der Waals surface area (Å²) in [5.74, 6) is 0. The quantitative estimate of drug-likeness (QED) is 0.862. The van der Waals surface area contributed by atoms with Crippen molar-refractivity contribution in [3.05, 3.63) is 57.5 Å². The molecular weight excluding hydrogens is 224 g/mol. The van der Waals surface area contributed by atoms with Crippen LogP contribution in [0.5, 0.6) is 0 Å². The number of H-pyrrole nitrogens is 1. The summed E-state index contributed by atoms with van der Waals surface area (Å²) in [6, 6.07) is 10.4. The lowest BCUT2D eigenvalue weighted by atomic mass is 10.1. The Morgan fingerprint density at radius 2 is 1.94 bits per heavy atom. The topological polar surface area (TPSA) is 37.8 Å². The molecule has 0 saturated heterocycles. The zero-order valence-electron chi connectivity index (χ0n) is 11.1. The third-order valence-electron chi connectivity index (χ3n) is 3.30. The van der Waals surface area contributed by atoms with Gasteiger partial charge in [-0.05, 0) is 31.7 Å². The average molecular weight is 244 g/mol. The molecule has 0 saturated carbocycles. The van der Waals surface area contributed by atoms with Gasteiger partial charge in [0, 0.05) is 17.8 Å². The Balaban J connectivity index is 1.97. The number of nitrogens with one attached hydrogen (secondary N) is 1. The van der Waals surface area contributed by atoms with Crippen LogP contribution in [0.4, 0.5) is 0 Å². The molecule has 0 radical (unpaired) electrons. The van der Waals surface area contributed by atoms with E-state index in [4.69, 9.17) is 0 Å². The van der Waals surface area contributed by atoms with Crippen LogP contribution in [-0.4, -0.2) is 9.78 Å². The molecule has 0 fully saturated rings. The highest BCUT2D eigenvalue weighted by Crippen LogP contribution is 2.04. The molecule has 0 bridgehead atoms. The van der Waals surface area contributed by atoms with Crippen molar-refractivity contribution in [2.75, 3.05) is 0 Å². The smallest absolute Gasteiger partial charge is 0.269 e. The number of benzene rings is 1. The van der Waals surface area contributed by atoms with E-state index in [2.05, 4.69) is 29.4 Å².